The van der Waals surface area contributed by atoms with Gasteiger partial charge in [0, 0.05) is 29.3 Å². The molecule has 2 heterocycles. The third kappa shape index (κ3) is 4.47. The van der Waals surface area contributed by atoms with Gasteiger partial charge in [-0.25, -0.2) is 9.37 Å². The van der Waals surface area contributed by atoms with Crippen molar-refractivity contribution in [3.8, 4) is 5.75 Å². The lowest BCUT2D eigenvalue weighted by Gasteiger charge is -2.18. The number of aromatic nitrogens is 1. The quantitative estimate of drug-likeness (QED) is 0.365. The van der Waals surface area contributed by atoms with E-state index in [0.29, 0.717) is 27.7 Å². The number of ether oxygens (including phenoxy) is 2. The maximum Gasteiger partial charge on any atom is 0.310 e. The third-order valence-electron chi connectivity index (χ3n) is 4.72. The number of anilines is 2. The van der Waals surface area contributed by atoms with Crippen molar-refractivity contribution in [3.05, 3.63) is 71.2 Å². The van der Waals surface area contributed by atoms with Crippen LogP contribution in [-0.2, 0) is 27.4 Å². The second-order valence-electron chi connectivity index (χ2n) is 6.89. The normalized spacial score (nSPS) is 10.8. The molecule has 0 atom stereocenters. The van der Waals surface area contributed by atoms with Crippen molar-refractivity contribution in [1.29, 1.82) is 0 Å². The molecule has 32 heavy (non-hydrogen) atoms. The molecule has 0 bridgehead atoms. The summed E-state index contributed by atoms with van der Waals surface area (Å²) >= 11 is 1.16. The number of hydrogen-bond acceptors (Lipinski definition) is 7. The lowest BCUT2D eigenvalue weighted by Crippen LogP contribution is -2.23. The molecular formula is C23H19FN2O5S. The second kappa shape index (κ2) is 9.19. The first-order valence-electron chi connectivity index (χ1n) is 9.65. The summed E-state index contributed by atoms with van der Waals surface area (Å²) in [5.41, 5.74) is 1.90. The van der Waals surface area contributed by atoms with Crippen LogP contribution >= 0.6 is 11.3 Å². The average molecular weight is 454 g/mol. The highest BCUT2D eigenvalue weighted by molar-refractivity contribution is 7.14. The Morgan fingerprint density at radius 2 is 2.03 bits per heavy atom. The van der Waals surface area contributed by atoms with E-state index in [1.54, 1.807) is 36.8 Å². The molecule has 0 N–H and O–H groups in total. The fourth-order valence-electron chi connectivity index (χ4n) is 3.19. The minimum absolute atomic E-state index is 0.0329. The van der Waals surface area contributed by atoms with Gasteiger partial charge in [-0.05, 0) is 24.3 Å². The SMILES string of the molecule is COc1ccc2c(CC(=O)OCc3csc(N(C(C)=O)c4ccccc4F)n3)coc2c1. The summed E-state index contributed by atoms with van der Waals surface area (Å²) in [6.07, 6.45) is 1.55. The molecule has 0 unspecified atom stereocenters. The molecule has 0 radical (unpaired) electrons. The van der Waals surface area contributed by atoms with E-state index in [1.807, 2.05) is 6.07 Å². The Balaban J connectivity index is 1.42. The summed E-state index contributed by atoms with van der Waals surface area (Å²) in [7, 11) is 1.57. The first-order valence-corrected chi connectivity index (χ1v) is 10.5. The molecule has 0 fully saturated rings. The number of nitrogens with zero attached hydrogens (tertiary/aromatic N) is 2. The highest BCUT2D eigenvalue weighted by Gasteiger charge is 2.21. The van der Waals surface area contributed by atoms with Crippen molar-refractivity contribution >= 4 is 45.0 Å². The minimum Gasteiger partial charge on any atom is -0.497 e. The van der Waals surface area contributed by atoms with E-state index in [1.165, 1.54) is 30.2 Å². The van der Waals surface area contributed by atoms with Gasteiger partial charge in [-0.3, -0.25) is 14.5 Å². The van der Waals surface area contributed by atoms with Crippen LogP contribution in [0.15, 0.2) is 58.5 Å². The number of para-hydroxylation sites is 1. The predicted octanol–water partition coefficient (Wildman–Crippen LogP) is 5.01. The number of carbonyl (C=O) groups excluding carboxylic acids is 2. The van der Waals surface area contributed by atoms with E-state index >= 15 is 0 Å². The van der Waals surface area contributed by atoms with E-state index < -0.39 is 11.8 Å². The summed E-state index contributed by atoms with van der Waals surface area (Å²) in [6, 6.07) is 11.3. The van der Waals surface area contributed by atoms with Crippen molar-refractivity contribution in [2.24, 2.45) is 0 Å². The van der Waals surface area contributed by atoms with Crippen molar-refractivity contribution in [2.75, 3.05) is 12.0 Å². The van der Waals surface area contributed by atoms with Gasteiger partial charge >= 0.3 is 5.97 Å². The minimum atomic E-state index is -0.532. The van der Waals surface area contributed by atoms with Crippen LogP contribution in [0.25, 0.3) is 11.0 Å². The summed E-state index contributed by atoms with van der Waals surface area (Å²) < 4.78 is 30.2. The van der Waals surface area contributed by atoms with E-state index in [9.17, 15) is 14.0 Å². The molecule has 0 saturated heterocycles. The predicted molar refractivity (Wildman–Crippen MR) is 118 cm³/mol. The van der Waals surface area contributed by atoms with Gasteiger partial charge in [-0.1, -0.05) is 12.1 Å². The average Bonchev–Trinajstić information content (AvgIpc) is 3.40. The first kappa shape index (κ1) is 21.5. The number of fused-ring (bicyclic) bond motifs is 1. The van der Waals surface area contributed by atoms with Crippen LogP contribution < -0.4 is 9.64 Å². The van der Waals surface area contributed by atoms with Crippen LogP contribution in [0.3, 0.4) is 0 Å². The molecule has 4 rings (SSSR count). The number of amides is 1. The van der Waals surface area contributed by atoms with Gasteiger partial charge < -0.3 is 13.9 Å². The van der Waals surface area contributed by atoms with Crippen LogP contribution in [0, 0.1) is 5.82 Å². The van der Waals surface area contributed by atoms with Crippen molar-refractivity contribution < 1.29 is 27.9 Å². The number of hydrogen-bond donors (Lipinski definition) is 0. The Kier molecular flexibility index (Phi) is 6.18. The van der Waals surface area contributed by atoms with Crippen LogP contribution in [0.2, 0.25) is 0 Å². The molecule has 2 aromatic heterocycles. The molecule has 0 aliphatic heterocycles. The Hall–Kier alpha value is -3.72. The van der Waals surface area contributed by atoms with Gasteiger partial charge in [0.05, 0.1) is 31.2 Å². The number of methoxy groups -OCH3 is 1. The molecule has 164 valence electrons. The van der Waals surface area contributed by atoms with E-state index in [-0.39, 0.29) is 24.6 Å². The molecule has 1 amide bonds. The first-order chi connectivity index (χ1) is 15.5. The zero-order valence-corrected chi connectivity index (χ0v) is 18.1. The maximum absolute atomic E-state index is 14.2. The van der Waals surface area contributed by atoms with Crippen LogP contribution in [0.4, 0.5) is 15.2 Å². The fourth-order valence-corrected chi connectivity index (χ4v) is 4.06. The second-order valence-corrected chi connectivity index (χ2v) is 7.72. The number of thiazole rings is 1. The standard InChI is InChI=1S/C23H19FN2O5S/c1-14(27)26(20-6-4-3-5-19(20)24)23-25-16(13-32-23)12-31-22(28)9-15-11-30-21-10-17(29-2)7-8-18(15)21/h3-8,10-11,13H,9,12H2,1-2H3. The largest absolute Gasteiger partial charge is 0.497 e. The molecule has 0 aliphatic carbocycles. The fraction of sp³-hybridized carbons (Fsp3) is 0.174. The molecular weight excluding hydrogens is 435 g/mol. The molecule has 0 aliphatic rings. The molecule has 9 heteroatoms. The van der Waals surface area contributed by atoms with Crippen LogP contribution in [0.1, 0.15) is 18.2 Å². The molecule has 0 saturated carbocycles. The summed E-state index contributed by atoms with van der Waals surface area (Å²) in [4.78, 5) is 30.0. The Bertz CT molecular complexity index is 1280. The zero-order valence-electron chi connectivity index (χ0n) is 17.3. The van der Waals surface area contributed by atoms with Gasteiger partial charge in [0.2, 0.25) is 5.91 Å². The highest BCUT2D eigenvalue weighted by Crippen LogP contribution is 2.31. The third-order valence-corrected chi connectivity index (χ3v) is 5.59. The number of esters is 1. The van der Waals surface area contributed by atoms with Gasteiger partial charge in [0.25, 0.3) is 0 Å². The monoisotopic (exact) mass is 454 g/mol. The van der Waals surface area contributed by atoms with Crippen molar-refractivity contribution in [3.63, 3.8) is 0 Å². The molecule has 4 aromatic rings. The zero-order chi connectivity index (χ0) is 22.7. The summed E-state index contributed by atoms with van der Waals surface area (Å²) in [5.74, 6) is -0.696. The van der Waals surface area contributed by atoms with Crippen molar-refractivity contribution in [1.82, 2.24) is 4.98 Å². The lowest BCUT2D eigenvalue weighted by molar-refractivity contribution is -0.144. The van der Waals surface area contributed by atoms with Gasteiger partial charge in [0.15, 0.2) is 5.13 Å². The smallest absolute Gasteiger partial charge is 0.310 e. The van der Waals surface area contributed by atoms with Crippen LogP contribution in [0.5, 0.6) is 5.75 Å². The van der Waals surface area contributed by atoms with E-state index in [2.05, 4.69) is 4.98 Å². The van der Waals surface area contributed by atoms with Gasteiger partial charge in [-0.15, -0.1) is 11.3 Å². The highest BCUT2D eigenvalue weighted by atomic mass is 32.1. The number of furan rings is 1. The maximum atomic E-state index is 14.2. The molecule has 0 spiro atoms. The molecule has 7 nitrogen and oxygen atoms in total. The number of halogens is 1. The van der Waals surface area contributed by atoms with Crippen molar-refractivity contribution in [2.45, 2.75) is 20.0 Å². The van der Waals surface area contributed by atoms with E-state index in [0.717, 1.165) is 16.7 Å². The topological polar surface area (TPSA) is 81.9 Å². The number of benzene rings is 2. The van der Waals surface area contributed by atoms with Crippen LogP contribution in [-0.4, -0.2) is 24.0 Å². The summed E-state index contributed by atoms with van der Waals surface area (Å²) in [6.45, 7) is 1.26. The Morgan fingerprint density at radius 3 is 2.78 bits per heavy atom. The van der Waals surface area contributed by atoms with Gasteiger partial charge in [-0.2, -0.15) is 0 Å². The number of carbonyl (C=O) groups is 2. The lowest BCUT2D eigenvalue weighted by atomic mass is 10.1. The van der Waals surface area contributed by atoms with Gasteiger partial charge in [0.1, 0.15) is 23.8 Å². The molecule has 2 aromatic carbocycles. The Labute approximate surface area is 187 Å². The Morgan fingerprint density at radius 1 is 1.22 bits per heavy atom. The van der Waals surface area contributed by atoms with E-state index in [4.69, 9.17) is 13.9 Å². The number of rotatable bonds is 7. The summed E-state index contributed by atoms with van der Waals surface area (Å²) in [5, 5.41) is 2.77.